The molecule has 1 saturated heterocycles. The smallest absolute Gasteiger partial charge is 0.137 e. The molecule has 2 atom stereocenters. The van der Waals surface area contributed by atoms with Gasteiger partial charge in [0.05, 0.1) is 0 Å². The van der Waals surface area contributed by atoms with Gasteiger partial charge in [-0.1, -0.05) is 13.8 Å². The summed E-state index contributed by atoms with van der Waals surface area (Å²) in [6, 6.07) is 0.572. The fourth-order valence-corrected chi connectivity index (χ4v) is 3.10. The Morgan fingerprint density at radius 1 is 1.25 bits per heavy atom. The van der Waals surface area contributed by atoms with Crippen LogP contribution in [-0.2, 0) is 6.42 Å². The van der Waals surface area contributed by atoms with Crippen molar-refractivity contribution in [3.8, 4) is 0 Å². The molecule has 2 unspecified atom stereocenters. The van der Waals surface area contributed by atoms with Crippen molar-refractivity contribution in [3.63, 3.8) is 0 Å². The monoisotopic (exact) mass is 276 g/mol. The van der Waals surface area contributed by atoms with Gasteiger partial charge in [-0.05, 0) is 39.5 Å². The van der Waals surface area contributed by atoms with E-state index in [4.69, 9.17) is 4.98 Å². The summed E-state index contributed by atoms with van der Waals surface area (Å²) in [6.07, 6.45) is 3.28. The van der Waals surface area contributed by atoms with Crippen LogP contribution in [0.5, 0.6) is 0 Å². The van der Waals surface area contributed by atoms with E-state index in [1.165, 1.54) is 12.0 Å². The first-order valence-corrected chi connectivity index (χ1v) is 7.94. The number of aromatic nitrogens is 2. The third-order valence-electron chi connectivity index (χ3n) is 4.04. The molecule has 0 aromatic carbocycles. The maximum atomic E-state index is 4.85. The van der Waals surface area contributed by atoms with Crippen molar-refractivity contribution in [1.29, 1.82) is 0 Å². The van der Waals surface area contributed by atoms with Crippen LogP contribution >= 0.6 is 0 Å². The SMILES string of the molecule is CCCc1nc(NCC)c(C)c(N2CC(C)CC2C)n1. The Kier molecular flexibility index (Phi) is 4.84. The van der Waals surface area contributed by atoms with Crippen molar-refractivity contribution in [2.45, 2.75) is 59.9 Å². The van der Waals surface area contributed by atoms with E-state index in [0.717, 1.165) is 49.3 Å². The number of aryl methyl sites for hydroxylation is 1. The van der Waals surface area contributed by atoms with Crippen molar-refractivity contribution < 1.29 is 0 Å². The maximum Gasteiger partial charge on any atom is 0.137 e. The van der Waals surface area contributed by atoms with Crippen LogP contribution < -0.4 is 10.2 Å². The summed E-state index contributed by atoms with van der Waals surface area (Å²) in [5, 5.41) is 3.39. The minimum absolute atomic E-state index is 0.572. The quantitative estimate of drug-likeness (QED) is 0.895. The van der Waals surface area contributed by atoms with Crippen LogP contribution in [-0.4, -0.2) is 29.1 Å². The zero-order chi connectivity index (χ0) is 14.7. The van der Waals surface area contributed by atoms with Gasteiger partial charge in [0.25, 0.3) is 0 Å². The van der Waals surface area contributed by atoms with Crippen molar-refractivity contribution in [2.24, 2.45) is 5.92 Å². The fourth-order valence-electron chi connectivity index (χ4n) is 3.10. The van der Waals surface area contributed by atoms with Gasteiger partial charge < -0.3 is 10.2 Å². The van der Waals surface area contributed by atoms with Crippen molar-refractivity contribution in [1.82, 2.24) is 9.97 Å². The highest BCUT2D eigenvalue weighted by molar-refractivity contribution is 5.59. The molecule has 0 radical (unpaired) electrons. The van der Waals surface area contributed by atoms with Crippen LogP contribution in [0, 0.1) is 12.8 Å². The van der Waals surface area contributed by atoms with E-state index < -0.39 is 0 Å². The Labute approximate surface area is 123 Å². The Hall–Kier alpha value is -1.32. The molecule has 0 spiro atoms. The summed E-state index contributed by atoms with van der Waals surface area (Å²) >= 11 is 0. The second-order valence-corrected chi connectivity index (χ2v) is 6.06. The third-order valence-corrected chi connectivity index (χ3v) is 4.04. The lowest BCUT2D eigenvalue weighted by molar-refractivity contribution is 0.625. The minimum Gasteiger partial charge on any atom is -0.370 e. The Bertz CT molecular complexity index is 458. The molecule has 2 rings (SSSR count). The predicted molar refractivity (Wildman–Crippen MR) is 85.5 cm³/mol. The summed E-state index contributed by atoms with van der Waals surface area (Å²) in [5.41, 5.74) is 1.19. The average molecular weight is 276 g/mol. The molecule has 1 aliphatic heterocycles. The lowest BCUT2D eigenvalue weighted by atomic mass is 10.1. The maximum absolute atomic E-state index is 4.85. The molecule has 0 amide bonds. The normalized spacial score (nSPS) is 22.4. The number of rotatable bonds is 5. The number of hydrogen-bond donors (Lipinski definition) is 1. The van der Waals surface area contributed by atoms with Crippen LogP contribution in [0.2, 0.25) is 0 Å². The molecule has 1 aromatic heterocycles. The summed E-state index contributed by atoms with van der Waals surface area (Å²) in [7, 11) is 0. The van der Waals surface area contributed by atoms with Gasteiger partial charge in [-0.15, -0.1) is 0 Å². The lowest BCUT2D eigenvalue weighted by Crippen LogP contribution is -2.29. The van der Waals surface area contributed by atoms with Gasteiger partial charge >= 0.3 is 0 Å². The molecular formula is C16H28N4. The average Bonchev–Trinajstić information content (AvgIpc) is 2.73. The number of anilines is 2. The summed E-state index contributed by atoms with van der Waals surface area (Å²) < 4.78 is 0. The largest absolute Gasteiger partial charge is 0.370 e. The standard InChI is InChI=1S/C16H28N4/c1-6-8-14-18-15(17-7-2)13(5)16(19-14)20-10-11(3)9-12(20)4/h11-12H,6-10H2,1-5H3,(H,17,18,19). The Morgan fingerprint density at radius 3 is 2.55 bits per heavy atom. The highest BCUT2D eigenvalue weighted by atomic mass is 15.2. The molecule has 1 fully saturated rings. The second kappa shape index (κ2) is 6.42. The summed E-state index contributed by atoms with van der Waals surface area (Å²) in [5.74, 6) is 3.86. The van der Waals surface area contributed by atoms with Crippen LogP contribution in [0.15, 0.2) is 0 Å². The number of nitrogens with one attached hydrogen (secondary N) is 1. The van der Waals surface area contributed by atoms with Gasteiger partial charge in [-0.2, -0.15) is 0 Å². The van der Waals surface area contributed by atoms with E-state index in [0.29, 0.717) is 6.04 Å². The molecule has 0 bridgehead atoms. The van der Waals surface area contributed by atoms with E-state index >= 15 is 0 Å². The molecule has 0 saturated carbocycles. The first-order valence-electron chi connectivity index (χ1n) is 7.94. The first kappa shape index (κ1) is 15.1. The van der Waals surface area contributed by atoms with E-state index in [9.17, 15) is 0 Å². The molecular weight excluding hydrogens is 248 g/mol. The molecule has 1 aliphatic rings. The van der Waals surface area contributed by atoms with Crippen LogP contribution in [0.1, 0.15) is 51.9 Å². The second-order valence-electron chi connectivity index (χ2n) is 6.06. The lowest BCUT2D eigenvalue weighted by Gasteiger charge is -2.26. The fraction of sp³-hybridized carbons (Fsp3) is 0.750. The molecule has 20 heavy (non-hydrogen) atoms. The number of nitrogens with zero attached hydrogens (tertiary/aromatic N) is 3. The van der Waals surface area contributed by atoms with Crippen LogP contribution in [0.4, 0.5) is 11.6 Å². The molecule has 4 nitrogen and oxygen atoms in total. The Morgan fingerprint density at radius 2 is 2.00 bits per heavy atom. The molecule has 2 heterocycles. The first-order chi connectivity index (χ1) is 9.56. The van der Waals surface area contributed by atoms with Gasteiger partial charge in [0, 0.05) is 31.1 Å². The van der Waals surface area contributed by atoms with E-state index in [-0.39, 0.29) is 0 Å². The highest BCUT2D eigenvalue weighted by Crippen LogP contribution is 2.32. The predicted octanol–water partition coefficient (Wildman–Crippen LogP) is 3.40. The van der Waals surface area contributed by atoms with Gasteiger partial charge in [-0.25, -0.2) is 9.97 Å². The minimum atomic E-state index is 0.572. The molecule has 1 N–H and O–H groups in total. The summed E-state index contributed by atoms with van der Waals surface area (Å²) in [4.78, 5) is 12.0. The van der Waals surface area contributed by atoms with E-state index in [1.54, 1.807) is 0 Å². The van der Waals surface area contributed by atoms with Crippen molar-refractivity contribution >= 4 is 11.6 Å². The molecule has 1 aromatic rings. The van der Waals surface area contributed by atoms with Gasteiger partial charge in [0.2, 0.25) is 0 Å². The van der Waals surface area contributed by atoms with Gasteiger partial charge in [-0.3, -0.25) is 0 Å². The third kappa shape index (κ3) is 3.05. The molecule has 4 heteroatoms. The van der Waals surface area contributed by atoms with Crippen LogP contribution in [0.3, 0.4) is 0 Å². The van der Waals surface area contributed by atoms with Crippen molar-refractivity contribution in [2.75, 3.05) is 23.3 Å². The highest BCUT2D eigenvalue weighted by Gasteiger charge is 2.29. The van der Waals surface area contributed by atoms with Gasteiger partial charge in [0.15, 0.2) is 0 Å². The van der Waals surface area contributed by atoms with Crippen LogP contribution in [0.25, 0.3) is 0 Å². The molecule has 0 aliphatic carbocycles. The van der Waals surface area contributed by atoms with Gasteiger partial charge in [0.1, 0.15) is 17.5 Å². The molecule has 112 valence electrons. The topological polar surface area (TPSA) is 41.1 Å². The van der Waals surface area contributed by atoms with Crippen molar-refractivity contribution in [3.05, 3.63) is 11.4 Å². The van der Waals surface area contributed by atoms with E-state index in [1.807, 2.05) is 0 Å². The van der Waals surface area contributed by atoms with E-state index in [2.05, 4.69) is 49.8 Å². The Balaban J connectivity index is 2.39. The zero-order valence-corrected chi connectivity index (χ0v) is 13.5. The summed E-state index contributed by atoms with van der Waals surface area (Å²) in [6.45, 7) is 13.1. The number of hydrogen-bond acceptors (Lipinski definition) is 4. The zero-order valence-electron chi connectivity index (χ0n) is 13.5.